The van der Waals surface area contributed by atoms with Crippen molar-refractivity contribution in [2.24, 2.45) is 0 Å². The second-order valence-corrected chi connectivity index (χ2v) is 7.07. The van der Waals surface area contributed by atoms with Crippen molar-refractivity contribution in [2.45, 2.75) is 51.6 Å². The summed E-state index contributed by atoms with van der Waals surface area (Å²) in [6.45, 7) is 4.08. The van der Waals surface area contributed by atoms with Gasteiger partial charge in [-0.3, -0.25) is 9.48 Å². The fraction of sp³-hybridized carbons (Fsp3) is 0.421. The SMILES string of the molecule is Cc1cnn(C2CCC(NC(=O)c3cnn4cc(C)ccc34)CC2)c1. The summed E-state index contributed by atoms with van der Waals surface area (Å²) < 4.78 is 3.84. The Labute approximate surface area is 146 Å². The van der Waals surface area contributed by atoms with Gasteiger partial charge in [0.25, 0.3) is 5.91 Å². The minimum absolute atomic E-state index is 0.0303. The van der Waals surface area contributed by atoms with E-state index in [1.54, 1.807) is 10.7 Å². The van der Waals surface area contributed by atoms with Crippen molar-refractivity contribution in [2.75, 3.05) is 0 Å². The van der Waals surface area contributed by atoms with Gasteiger partial charge in [-0.15, -0.1) is 0 Å². The summed E-state index contributed by atoms with van der Waals surface area (Å²) in [5.74, 6) is -0.0303. The third kappa shape index (κ3) is 3.16. The standard InChI is InChI=1S/C19H23N5O/c1-13-3-8-18-17(10-21-24(18)11-13)19(25)22-15-4-6-16(7-5-15)23-12-14(2)9-20-23/h3,8-12,15-16H,4-7H2,1-2H3,(H,22,25). The molecule has 0 saturated heterocycles. The number of aryl methyl sites for hydroxylation is 2. The minimum Gasteiger partial charge on any atom is -0.349 e. The molecular formula is C19H23N5O. The molecule has 1 N–H and O–H groups in total. The Bertz CT molecular complexity index is 902. The van der Waals surface area contributed by atoms with Crippen LogP contribution in [0.5, 0.6) is 0 Å². The highest BCUT2D eigenvalue weighted by atomic mass is 16.1. The molecule has 0 bridgehead atoms. The highest BCUT2D eigenvalue weighted by Crippen LogP contribution is 2.28. The molecule has 1 amide bonds. The van der Waals surface area contributed by atoms with Crippen LogP contribution in [0.2, 0.25) is 0 Å². The molecule has 3 heterocycles. The lowest BCUT2D eigenvalue weighted by Gasteiger charge is -2.29. The van der Waals surface area contributed by atoms with E-state index >= 15 is 0 Å². The monoisotopic (exact) mass is 337 g/mol. The molecule has 6 heteroatoms. The number of carbonyl (C=O) groups is 1. The topological polar surface area (TPSA) is 64.2 Å². The largest absolute Gasteiger partial charge is 0.349 e. The molecule has 3 aromatic heterocycles. The molecule has 1 aliphatic carbocycles. The van der Waals surface area contributed by atoms with Crippen molar-refractivity contribution in [3.05, 3.63) is 53.6 Å². The molecule has 0 unspecified atom stereocenters. The molecule has 3 aromatic rings. The van der Waals surface area contributed by atoms with Crippen LogP contribution in [0.15, 0.2) is 36.9 Å². The van der Waals surface area contributed by atoms with E-state index in [0.29, 0.717) is 11.6 Å². The van der Waals surface area contributed by atoms with Gasteiger partial charge in [0.15, 0.2) is 0 Å². The summed E-state index contributed by atoms with van der Waals surface area (Å²) in [5.41, 5.74) is 3.81. The Kier molecular flexibility index (Phi) is 4.03. The molecule has 0 radical (unpaired) electrons. The van der Waals surface area contributed by atoms with Crippen LogP contribution < -0.4 is 5.32 Å². The van der Waals surface area contributed by atoms with Crippen molar-refractivity contribution >= 4 is 11.4 Å². The summed E-state index contributed by atoms with van der Waals surface area (Å²) in [6, 6.07) is 4.63. The lowest BCUT2D eigenvalue weighted by molar-refractivity contribution is 0.0923. The second kappa shape index (κ2) is 6.35. The zero-order chi connectivity index (χ0) is 17.4. The minimum atomic E-state index is -0.0303. The van der Waals surface area contributed by atoms with E-state index in [4.69, 9.17) is 0 Å². The number of nitrogens with zero attached hydrogens (tertiary/aromatic N) is 4. The second-order valence-electron chi connectivity index (χ2n) is 7.07. The van der Waals surface area contributed by atoms with Crippen LogP contribution in [0, 0.1) is 13.8 Å². The van der Waals surface area contributed by atoms with Gasteiger partial charge in [0.2, 0.25) is 0 Å². The zero-order valence-corrected chi connectivity index (χ0v) is 14.6. The normalized spacial score (nSPS) is 20.7. The van der Waals surface area contributed by atoms with Gasteiger partial charge in [-0.2, -0.15) is 10.2 Å². The Morgan fingerprint density at radius 3 is 2.56 bits per heavy atom. The molecule has 0 spiro atoms. The van der Waals surface area contributed by atoms with Crippen LogP contribution in [-0.4, -0.2) is 31.3 Å². The van der Waals surface area contributed by atoms with Crippen LogP contribution >= 0.6 is 0 Å². The quantitative estimate of drug-likeness (QED) is 0.799. The number of hydrogen-bond donors (Lipinski definition) is 1. The van der Waals surface area contributed by atoms with Crippen molar-refractivity contribution in [3.63, 3.8) is 0 Å². The Morgan fingerprint density at radius 1 is 1.04 bits per heavy atom. The fourth-order valence-corrected chi connectivity index (χ4v) is 3.64. The predicted molar refractivity (Wildman–Crippen MR) is 95.7 cm³/mol. The van der Waals surface area contributed by atoms with Crippen LogP contribution in [0.4, 0.5) is 0 Å². The summed E-state index contributed by atoms with van der Waals surface area (Å²) in [6.07, 6.45) is 11.6. The van der Waals surface area contributed by atoms with Gasteiger partial charge in [-0.25, -0.2) is 4.52 Å². The van der Waals surface area contributed by atoms with Crippen molar-refractivity contribution in [3.8, 4) is 0 Å². The molecule has 0 aromatic carbocycles. The molecule has 1 fully saturated rings. The number of nitrogens with one attached hydrogen (secondary N) is 1. The van der Waals surface area contributed by atoms with E-state index < -0.39 is 0 Å². The van der Waals surface area contributed by atoms with Crippen molar-refractivity contribution in [1.29, 1.82) is 0 Å². The molecule has 0 aliphatic heterocycles. The number of carbonyl (C=O) groups excluding carboxylic acids is 1. The van der Waals surface area contributed by atoms with E-state index in [1.165, 1.54) is 5.56 Å². The lowest BCUT2D eigenvalue weighted by Crippen LogP contribution is -2.38. The molecule has 0 atom stereocenters. The third-order valence-electron chi connectivity index (χ3n) is 5.05. The van der Waals surface area contributed by atoms with Gasteiger partial charge >= 0.3 is 0 Å². The lowest BCUT2D eigenvalue weighted by atomic mass is 9.91. The Balaban J connectivity index is 1.40. The first-order valence-corrected chi connectivity index (χ1v) is 8.86. The van der Waals surface area contributed by atoms with Crippen molar-refractivity contribution in [1.82, 2.24) is 24.7 Å². The summed E-state index contributed by atoms with van der Waals surface area (Å²) in [7, 11) is 0. The highest BCUT2D eigenvalue weighted by molar-refractivity contribution is 6.00. The first-order valence-electron chi connectivity index (χ1n) is 8.86. The summed E-state index contributed by atoms with van der Waals surface area (Å²) in [5, 5.41) is 11.9. The van der Waals surface area contributed by atoms with Crippen LogP contribution in [-0.2, 0) is 0 Å². The van der Waals surface area contributed by atoms with Gasteiger partial charge in [0.1, 0.15) is 0 Å². The number of hydrogen-bond acceptors (Lipinski definition) is 3. The first kappa shape index (κ1) is 15.9. The molecular weight excluding hydrogens is 314 g/mol. The number of rotatable bonds is 3. The Morgan fingerprint density at radius 2 is 1.84 bits per heavy atom. The summed E-state index contributed by atoms with van der Waals surface area (Å²) in [4.78, 5) is 12.6. The zero-order valence-electron chi connectivity index (χ0n) is 14.6. The van der Waals surface area contributed by atoms with Gasteiger partial charge in [-0.1, -0.05) is 6.07 Å². The van der Waals surface area contributed by atoms with Gasteiger partial charge in [0.05, 0.1) is 29.5 Å². The molecule has 4 rings (SSSR count). The smallest absolute Gasteiger partial charge is 0.255 e. The van der Waals surface area contributed by atoms with Gasteiger partial charge in [-0.05, 0) is 56.7 Å². The highest BCUT2D eigenvalue weighted by Gasteiger charge is 2.25. The van der Waals surface area contributed by atoms with E-state index in [-0.39, 0.29) is 11.9 Å². The predicted octanol–water partition coefficient (Wildman–Crippen LogP) is 3.06. The maximum absolute atomic E-state index is 12.6. The maximum Gasteiger partial charge on any atom is 0.255 e. The third-order valence-corrected chi connectivity index (χ3v) is 5.05. The molecule has 1 saturated carbocycles. The van der Waals surface area contributed by atoms with E-state index in [1.807, 2.05) is 31.5 Å². The number of fused-ring (bicyclic) bond motifs is 1. The van der Waals surface area contributed by atoms with Crippen molar-refractivity contribution < 1.29 is 4.79 Å². The average Bonchev–Trinajstić information content (AvgIpc) is 3.21. The van der Waals surface area contributed by atoms with E-state index in [0.717, 1.165) is 36.8 Å². The average molecular weight is 337 g/mol. The fourth-order valence-electron chi connectivity index (χ4n) is 3.64. The number of aromatic nitrogens is 4. The first-order chi connectivity index (χ1) is 12.1. The molecule has 1 aliphatic rings. The Hall–Kier alpha value is -2.63. The number of amides is 1. The van der Waals surface area contributed by atoms with Crippen LogP contribution in [0.25, 0.3) is 5.52 Å². The summed E-state index contributed by atoms with van der Waals surface area (Å²) >= 11 is 0. The van der Waals surface area contributed by atoms with Crippen LogP contribution in [0.1, 0.15) is 53.2 Å². The van der Waals surface area contributed by atoms with Gasteiger partial charge in [0, 0.05) is 18.4 Å². The number of pyridine rings is 1. The molecule has 130 valence electrons. The van der Waals surface area contributed by atoms with Gasteiger partial charge < -0.3 is 5.32 Å². The molecule has 6 nitrogen and oxygen atoms in total. The molecule has 25 heavy (non-hydrogen) atoms. The van der Waals surface area contributed by atoms with E-state index in [2.05, 4.69) is 33.3 Å². The maximum atomic E-state index is 12.6. The van der Waals surface area contributed by atoms with E-state index in [9.17, 15) is 4.79 Å². The van der Waals surface area contributed by atoms with Crippen LogP contribution in [0.3, 0.4) is 0 Å².